The van der Waals surface area contributed by atoms with Crippen molar-refractivity contribution in [3.05, 3.63) is 29.3 Å². The van der Waals surface area contributed by atoms with Gasteiger partial charge in [0.25, 0.3) is 0 Å². The molecule has 1 rings (SSSR count). The van der Waals surface area contributed by atoms with E-state index >= 15 is 0 Å². The zero-order chi connectivity index (χ0) is 10.7. The molecule has 78 valence electrons. The second-order valence-corrected chi connectivity index (χ2v) is 3.54. The molecular weight excluding hydrogens is 204 g/mol. The van der Waals surface area contributed by atoms with Crippen molar-refractivity contribution in [2.45, 2.75) is 19.1 Å². The summed E-state index contributed by atoms with van der Waals surface area (Å²) in [5.74, 6) is -0.110. The van der Waals surface area contributed by atoms with E-state index in [1.54, 1.807) is 12.1 Å². The van der Waals surface area contributed by atoms with Crippen LogP contribution in [0.25, 0.3) is 0 Å². The zero-order valence-corrected chi connectivity index (χ0v) is 8.57. The van der Waals surface area contributed by atoms with Crippen molar-refractivity contribution in [2.24, 2.45) is 0 Å². The molecule has 0 saturated heterocycles. The van der Waals surface area contributed by atoms with Crippen molar-refractivity contribution in [3.63, 3.8) is 0 Å². The number of halogens is 1. The molecule has 4 heteroatoms. The number of aryl methyl sites for hydroxylation is 1. The smallest absolute Gasteiger partial charge is 0.121 e. The lowest BCUT2D eigenvalue weighted by Gasteiger charge is -2.17. The maximum atomic E-state index is 9.60. The van der Waals surface area contributed by atoms with E-state index in [9.17, 15) is 15.3 Å². The van der Waals surface area contributed by atoms with E-state index < -0.39 is 12.2 Å². The van der Waals surface area contributed by atoms with Gasteiger partial charge in [-0.15, -0.1) is 11.6 Å². The van der Waals surface area contributed by atoms with E-state index in [0.717, 1.165) is 5.56 Å². The Morgan fingerprint density at radius 1 is 1.36 bits per heavy atom. The normalized spacial score (nSPS) is 15.1. The number of alkyl halides is 1. The Morgan fingerprint density at radius 3 is 2.57 bits per heavy atom. The lowest BCUT2D eigenvalue weighted by molar-refractivity contribution is 0.0312. The quantitative estimate of drug-likeness (QED) is 0.669. The highest BCUT2D eigenvalue weighted by molar-refractivity contribution is 6.18. The maximum absolute atomic E-state index is 9.60. The molecule has 0 heterocycles. The Hall–Kier alpha value is -0.770. The topological polar surface area (TPSA) is 60.7 Å². The monoisotopic (exact) mass is 216 g/mol. The Kier molecular flexibility index (Phi) is 3.75. The van der Waals surface area contributed by atoms with Crippen LogP contribution in [0.5, 0.6) is 5.75 Å². The lowest BCUT2D eigenvalue weighted by Crippen LogP contribution is -2.19. The Bertz CT molecular complexity index is 314. The van der Waals surface area contributed by atoms with Crippen molar-refractivity contribution in [3.8, 4) is 5.75 Å². The van der Waals surface area contributed by atoms with Crippen LogP contribution in [0, 0.1) is 6.92 Å². The summed E-state index contributed by atoms with van der Waals surface area (Å²) in [6.45, 7) is 1.84. The lowest BCUT2D eigenvalue weighted by atomic mass is 10.0. The fourth-order valence-corrected chi connectivity index (χ4v) is 1.37. The Labute approximate surface area is 87.6 Å². The third-order valence-corrected chi connectivity index (χ3v) is 2.34. The fourth-order valence-electron chi connectivity index (χ4n) is 1.20. The molecule has 3 nitrogen and oxygen atoms in total. The number of phenols is 1. The number of benzene rings is 1. The summed E-state index contributed by atoms with van der Waals surface area (Å²) in [7, 11) is 0. The van der Waals surface area contributed by atoms with E-state index in [1.165, 1.54) is 6.07 Å². The van der Waals surface area contributed by atoms with Crippen LogP contribution in [0.15, 0.2) is 18.2 Å². The first kappa shape index (κ1) is 11.3. The van der Waals surface area contributed by atoms with Crippen LogP contribution in [0.2, 0.25) is 0 Å². The number of aromatic hydroxyl groups is 1. The van der Waals surface area contributed by atoms with Gasteiger partial charge in [-0.05, 0) is 19.1 Å². The van der Waals surface area contributed by atoms with Crippen LogP contribution in [-0.2, 0) is 0 Å². The van der Waals surface area contributed by atoms with E-state index in [1.807, 2.05) is 6.92 Å². The van der Waals surface area contributed by atoms with Crippen LogP contribution in [0.4, 0.5) is 0 Å². The number of aliphatic hydroxyl groups is 2. The van der Waals surface area contributed by atoms with Gasteiger partial charge in [0.15, 0.2) is 0 Å². The molecule has 0 aliphatic heterocycles. The summed E-state index contributed by atoms with van der Waals surface area (Å²) in [5.41, 5.74) is 1.21. The van der Waals surface area contributed by atoms with Gasteiger partial charge >= 0.3 is 0 Å². The van der Waals surface area contributed by atoms with E-state index in [4.69, 9.17) is 11.6 Å². The minimum absolute atomic E-state index is 0.0349. The average molecular weight is 217 g/mol. The molecule has 0 amide bonds. The number of hydrogen-bond acceptors (Lipinski definition) is 3. The van der Waals surface area contributed by atoms with Crippen molar-refractivity contribution < 1.29 is 15.3 Å². The summed E-state index contributed by atoms with van der Waals surface area (Å²) in [6.07, 6.45) is -2.21. The van der Waals surface area contributed by atoms with Gasteiger partial charge in [-0.25, -0.2) is 0 Å². The maximum Gasteiger partial charge on any atom is 0.121 e. The van der Waals surface area contributed by atoms with Gasteiger partial charge < -0.3 is 15.3 Å². The van der Waals surface area contributed by atoms with E-state index in [0.29, 0.717) is 5.56 Å². The number of hydrogen-bond donors (Lipinski definition) is 3. The highest BCUT2D eigenvalue weighted by Gasteiger charge is 2.20. The molecule has 0 bridgehead atoms. The summed E-state index contributed by atoms with van der Waals surface area (Å²) in [6, 6.07) is 4.82. The summed E-state index contributed by atoms with van der Waals surface area (Å²) >= 11 is 5.40. The van der Waals surface area contributed by atoms with Gasteiger partial charge in [0, 0.05) is 5.56 Å². The van der Waals surface area contributed by atoms with Crippen LogP contribution in [0.3, 0.4) is 0 Å². The molecule has 2 atom stereocenters. The highest BCUT2D eigenvalue weighted by atomic mass is 35.5. The van der Waals surface area contributed by atoms with Crippen LogP contribution in [0.1, 0.15) is 17.2 Å². The molecule has 3 N–H and O–H groups in total. The van der Waals surface area contributed by atoms with E-state index in [2.05, 4.69) is 0 Å². The molecular formula is C10H13ClO3. The molecule has 0 radical (unpaired) electrons. The number of aliphatic hydroxyl groups excluding tert-OH is 2. The standard InChI is InChI=1S/C10H13ClO3/c1-6-2-3-8(12)7(4-6)10(14)9(13)5-11/h2-4,9-10,12-14H,5H2,1H3. The van der Waals surface area contributed by atoms with Crippen molar-refractivity contribution >= 4 is 11.6 Å². The minimum atomic E-state index is -1.15. The van der Waals surface area contributed by atoms with Crippen LogP contribution < -0.4 is 0 Å². The highest BCUT2D eigenvalue weighted by Crippen LogP contribution is 2.27. The predicted octanol–water partition coefficient (Wildman–Crippen LogP) is 1.33. The first-order chi connectivity index (χ1) is 6.56. The summed E-state index contributed by atoms with van der Waals surface area (Å²) in [5, 5.41) is 28.3. The number of phenolic OH excluding ortho intramolecular Hbond substituents is 1. The third-order valence-electron chi connectivity index (χ3n) is 2.02. The van der Waals surface area contributed by atoms with Gasteiger partial charge in [0.1, 0.15) is 11.9 Å². The summed E-state index contributed by atoms with van der Waals surface area (Å²) in [4.78, 5) is 0. The SMILES string of the molecule is Cc1ccc(O)c(C(O)C(O)CCl)c1. The van der Waals surface area contributed by atoms with Crippen LogP contribution in [-0.4, -0.2) is 27.3 Å². The molecule has 0 fully saturated rings. The zero-order valence-electron chi connectivity index (χ0n) is 7.81. The molecule has 0 spiro atoms. The fraction of sp³-hybridized carbons (Fsp3) is 0.400. The molecule has 0 aliphatic rings. The van der Waals surface area contributed by atoms with Gasteiger partial charge in [-0.3, -0.25) is 0 Å². The van der Waals surface area contributed by atoms with Gasteiger partial charge in [0.05, 0.1) is 12.0 Å². The van der Waals surface area contributed by atoms with Crippen molar-refractivity contribution in [2.75, 3.05) is 5.88 Å². The minimum Gasteiger partial charge on any atom is -0.508 e. The second kappa shape index (κ2) is 4.64. The van der Waals surface area contributed by atoms with Gasteiger partial charge in [-0.1, -0.05) is 11.6 Å². The Balaban J connectivity index is 2.99. The second-order valence-electron chi connectivity index (χ2n) is 3.23. The molecule has 14 heavy (non-hydrogen) atoms. The summed E-state index contributed by atoms with van der Waals surface area (Å²) < 4.78 is 0. The van der Waals surface area contributed by atoms with Crippen LogP contribution >= 0.6 is 11.6 Å². The molecule has 0 aliphatic carbocycles. The Morgan fingerprint density at radius 2 is 2.00 bits per heavy atom. The predicted molar refractivity (Wildman–Crippen MR) is 54.5 cm³/mol. The molecule has 1 aromatic rings. The molecule has 2 unspecified atom stereocenters. The van der Waals surface area contributed by atoms with Crippen molar-refractivity contribution in [1.82, 2.24) is 0 Å². The molecule has 0 aromatic heterocycles. The molecule has 1 aromatic carbocycles. The first-order valence-corrected chi connectivity index (χ1v) is 4.81. The van der Waals surface area contributed by atoms with Gasteiger partial charge in [-0.2, -0.15) is 0 Å². The van der Waals surface area contributed by atoms with Crippen molar-refractivity contribution in [1.29, 1.82) is 0 Å². The first-order valence-electron chi connectivity index (χ1n) is 4.28. The largest absolute Gasteiger partial charge is 0.508 e. The number of rotatable bonds is 3. The van der Waals surface area contributed by atoms with Gasteiger partial charge in [0.2, 0.25) is 0 Å². The van der Waals surface area contributed by atoms with E-state index in [-0.39, 0.29) is 11.6 Å². The third kappa shape index (κ3) is 2.38. The average Bonchev–Trinajstić information content (AvgIpc) is 2.19. The molecule has 0 saturated carbocycles.